The Kier molecular flexibility index (Phi) is 16.7. The molecular formula is C30H46N7O17P3S. The van der Waals surface area contributed by atoms with Gasteiger partial charge in [0.1, 0.15) is 36.3 Å². The van der Waals surface area contributed by atoms with Gasteiger partial charge in [-0.15, -0.1) is 11.2 Å². The van der Waals surface area contributed by atoms with Crippen LogP contribution in [0.15, 0.2) is 49.1 Å². The third kappa shape index (κ3) is 14.2. The Balaban J connectivity index is 1.21. The molecule has 0 spiro atoms. The smallest absolute Gasteiger partial charge is 0.386 e. The van der Waals surface area contributed by atoms with E-state index in [0.29, 0.717) is 11.5 Å². The third-order valence-electron chi connectivity index (χ3n) is 8.20. The molecule has 4 rings (SSSR count). The molecule has 0 aliphatic carbocycles. The molecule has 2 aromatic heterocycles. The summed E-state index contributed by atoms with van der Waals surface area (Å²) in [6.07, 6.45) is -3.16. The predicted molar refractivity (Wildman–Crippen MR) is 206 cm³/mol. The van der Waals surface area contributed by atoms with E-state index in [2.05, 4.69) is 34.4 Å². The number of fused-ring (bicyclic) bond motifs is 1. The fourth-order valence-electron chi connectivity index (χ4n) is 5.23. The van der Waals surface area contributed by atoms with E-state index in [0.717, 1.165) is 22.8 Å². The van der Waals surface area contributed by atoms with Crippen LogP contribution in [0.5, 0.6) is 0 Å². The van der Waals surface area contributed by atoms with Crippen molar-refractivity contribution in [2.24, 2.45) is 5.41 Å². The average Bonchev–Trinajstić information content (AvgIpc) is 3.70. The van der Waals surface area contributed by atoms with Gasteiger partial charge in [-0.05, 0) is 5.56 Å². The Labute approximate surface area is 333 Å². The van der Waals surface area contributed by atoms with Crippen LogP contribution in [0, 0.1) is 5.41 Å². The van der Waals surface area contributed by atoms with E-state index in [1.807, 2.05) is 42.5 Å². The number of nitrogens with zero attached hydrogens (tertiary/aromatic N) is 4. The van der Waals surface area contributed by atoms with Gasteiger partial charge in [-0.2, -0.15) is 4.31 Å². The lowest BCUT2D eigenvalue weighted by atomic mass is 9.87. The zero-order valence-corrected chi connectivity index (χ0v) is 34.5. The number of benzene rings is 1. The quantitative estimate of drug-likeness (QED) is 0.0485. The monoisotopic (exact) mass is 901 g/mol. The molecule has 1 aliphatic rings. The lowest BCUT2D eigenvalue weighted by Crippen LogP contribution is -2.46. The number of anilines is 1. The van der Waals surface area contributed by atoms with Crippen LogP contribution in [0.4, 0.5) is 5.82 Å². The second-order valence-corrected chi connectivity index (χ2v) is 19.4. The number of hydrogen-bond acceptors (Lipinski definition) is 17. The van der Waals surface area contributed by atoms with Gasteiger partial charge in [-0.25, -0.2) is 28.6 Å². The number of nitrogens with one attached hydrogen (secondary N) is 2. The number of hydrogen-bond donors (Lipinski definition) is 11. The highest BCUT2D eigenvalue weighted by Crippen LogP contribution is 2.61. The first kappa shape index (κ1) is 47.5. The molecule has 3 aromatic rings. The third-order valence-corrected chi connectivity index (χ3v) is 12.7. The number of ether oxygens (including phenoxy) is 1. The van der Waals surface area contributed by atoms with Gasteiger partial charge >= 0.3 is 23.5 Å². The van der Waals surface area contributed by atoms with Crippen LogP contribution in [0.1, 0.15) is 32.1 Å². The van der Waals surface area contributed by atoms with Crippen LogP contribution < -0.4 is 16.4 Å². The largest absolute Gasteiger partial charge is 0.481 e. The number of carbonyl (C=O) groups is 2. The molecule has 1 saturated heterocycles. The first-order valence-corrected chi connectivity index (χ1v) is 23.3. The standard InChI is InChI=1S/C30H46N7O17P3S/c1-30(2,25(40)28(41)33-11-10-21(38)32-12-14-58(49)13-6-9-19-7-4-3-5-8-19)16-51-57(47,48)54-56(45,46)50-15-20-24(53-55(42,43)44)23(39)29(52-20)37-18-36-22-26(31)34-17-35-27(22)37/h3-9,17-18,20,23-25,29,39-40,49,58H,10-16H2,1-2H3,(H,32,38)(H,33,41)(H,45,46)(H,47,48)(H2,31,34,35)(H2,42,43,44)/b9-6+/t20-,23-,24-,25?,29-/m1/s1. The first-order valence-electron chi connectivity index (χ1n) is 17.1. The maximum absolute atomic E-state index is 12.7. The summed E-state index contributed by atoms with van der Waals surface area (Å²) in [5.74, 6) is -0.649. The maximum Gasteiger partial charge on any atom is 0.481 e. The van der Waals surface area contributed by atoms with Crippen molar-refractivity contribution in [3.8, 4) is 0 Å². The highest BCUT2D eigenvalue weighted by molar-refractivity contribution is 8.12. The van der Waals surface area contributed by atoms with Crippen LogP contribution in [-0.2, 0) is 45.9 Å². The Morgan fingerprint density at radius 2 is 1.74 bits per heavy atom. The molecule has 1 aromatic carbocycles. The molecule has 24 nitrogen and oxygen atoms in total. The molecule has 0 bridgehead atoms. The molecule has 0 saturated carbocycles. The second-order valence-electron chi connectivity index (χ2n) is 13.3. The number of nitrogen functional groups attached to an aromatic ring is 1. The summed E-state index contributed by atoms with van der Waals surface area (Å²) < 4.78 is 72.4. The summed E-state index contributed by atoms with van der Waals surface area (Å²) >= 11 is -1.35. The molecule has 1 fully saturated rings. The van der Waals surface area contributed by atoms with Crippen LogP contribution in [0.25, 0.3) is 17.2 Å². The normalized spacial score (nSPS) is 22.3. The Hall–Kier alpha value is -3.19. The molecule has 28 heteroatoms. The van der Waals surface area contributed by atoms with Crippen molar-refractivity contribution in [3.05, 3.63) is 54.6 Å². The van der Waals surface area contributed by atoms with Gasteiger partial charge in [-0.1, -0.05) is 56.3 Å². The lowest BCUT2D eigenvalue weighted by Gasteiger charge is -2.30. The number of imidazole rings is 1. The van der Waals surface area contributed by atoms with E-state index in [4.69, 9.17) is 19.5 Å². The van der Waals surface area contributed by atoms with Crippen LogP contribution in [0.3, 0.4) is 0 Å². The fourth-order valence-corrected chi connectivity index (χ4v) is 8.96. The van der Waals surface area contributed by atoms with Crippen molar-refractivity contribution in [2.45, 2.75) is 50.9 Å². The highest BCUT2D eigenvalue weighted by Gasteiger charge is 2.50. The zero-order valence-electron chi connectivity index (χ0n) is 30.9. The molecule has 11 N–H and O–H groups in total. The second kappa shape index (κ2) is 20.4. The summed E-state index contributed by atoms with van der Waals surface area (Å²) in [6.45, 7) is 0.509. The molecule has 2 amide bonds. The Morgan fingerprint density at radius 3 is 2.43 bits per heavy atom. The summed E-state index contributed by atoms with van der Waals surface area (Å²) in [5.41, 5.74) is 5.26. The molecular weight excluding hydrogens is 855 g/mol. The van der Waals surface area contributed by atoms with E-state index in [1.54, 1.807) is 0 Å². The number of amides is 2. The van der Waals surface area contributed by atoms with E-state index < -0.39 is 95.7 Å². The predicted octanol–water partition coefficient (Wildman–Crippen LogP) is 0.593. The minimum Gasteiger partial charge on any atom is -0.386 e. The van der Waals surface area contributed by atoms with Gasteiger partial charge in [0.25, 0.3) is 0 Å². The number of aliphatic hydroxyl groups is 2. The van der Waals surface area contributed by atoms with E-state index in [1.165, 1.54) is 13.8 Å². The van der Waals surface area contributed by atoms with E-state index in [-0.39, 0.29) is 36.5 Å². The minimum absolute atomic E-state index is 0.0312. The van der Waals surface area contributed by atoms with Crippen molar-refractivity contribution in [1.82, 2.24) is 30.2 Å². The summed E-state index contributed by atoms with van der Waals surface area (Å²) in [5, 5.41) is 26.5. The van der Waals surface area contributed by atoms with Gasteiger partial charge in [0.15, 0.2) is 17.7 Å². The Morgan fingerprint density at radius 1 is 1.05 bits per heavy atom. The zero-order chi connectivity index (χ0) is 42.9. The van der Waals surface area contributed by atoms with Crippen LogP contribution >= 0.6 is 34.6 Å². The van der Waals surface area contributed by atoms with Crippen molar-refractivity contribution in [3.63, 3.8) is 0 Å². The first-order chi connectivity index (χ1) is 27.1. The maximum atomic E-state index is 12.7. The van der Waals surface area contributed by atoms with Crippen molar-refractivity contribution in [1.29, 1.82) is 0 Å². The number of carbonyl (C=O) groups excluding carboxylic acids is 2. The van der Waals surface area contributed by atoms with Crippen molar-refractivity contribution < 1.29 is 80.2 Å². The summed E-state index contributed by atoms with van der Waals surface area (Å²) in [6, 6.07) is 9.55. The van der Waals surface area contributed by atoms with E-state index >= 15 is 0 Å². The summed E-state index contributed by atoms with van der Waals surface area (Å²) in [4.78, 5) is 75.8. The number of phosphoric acid groups is 3. The SMILES string of the molecule is CC(C)(COP(=O)(O)OP(=O)(O)OC[C@H]1O[C@@H](n2cnc3c(N)ncnc32)[C@H](O)[C@@H]1OP(=O)(O)O)C(O)C(=O)NCCC(=O)NCC[SH](O)C/C=C/c1ccccc1. The fraction of sp³-hybridized carbons (Fsp3) is 0.500. The molecule has 3 heterocycles. The number of thiol groups is 1. The van der Waals surface area contributed by atoms with Gasteiger partial charge in [-0.3, -0.25) is 27.7 Å². The van der Waals surface area contributed by atoms with Crippen molar-refractivity contribution >= 4 is 69.5 Å². The average molecular weight is 902 g/mol. The number of nitrogens with two attached hydrogens (primary N) is 1. The van der Waals surface area contributed by atoms with Crippen LogP contribution in [0.2, 0.25) is 0 Å². The Bertz CT molecular complexity index is 2040. The highest BCUT2D eigenvalue weighted by atomic mass is 32.2. The minimum atomic E-state index is -5.57. The molecule has 1 aliphatic heterocycles. The van der Waals surface area contributed by atoms with Gasteiger partial charge < -0.3 is 55.4 Å². The molecule has 58 heavy (non-hydrogen) atoms. The summed E-state index contributed by atoms with van der Waals surface area (Å²) in [7, 11) is -16.4. The van der Waals surface area contributed by atoms with Gasteiger partial charge in [0.05, 0.1) is 19.5 Å². The van der Waals surface area contributed by atoms with Crippen LogP contribution in [-0.4, -0.2) is 128 Å². The number of aliphatic hydroxyl groups excluding tert-OH is 2. The van der Waals surface area contributed by atoms with Gasteiger partial charge in [0, 0.05) is 36.4 Å². The van der Waals surface area contributed by atoms with Gasteiger partial charge in [0.2, 0.25) is 11.8 Å². The topological polar surface area (TPSA) is 367 Å². The number of aromatic nitrogens is 4. The lowest BCUT2D eigenvalue weighted by molar-refractivity contribution is -0.137. The molecule has 8 atom stereocenters. The number of rotatable bonds is 22. The number of phosphoric ester groups is 3. The molecule has 324 valence electrons. The van der Waals surface area contributed by atoms with E-state index in [9.17, 15) is 57.6 Å². The molecule has 4 unspecified atom stereocenters. The molecule has 0 radical (unpaired) electrons. The van der Waals surface area contributed by atoms with Crippen molar-refractivity contribution in [2.75, 3.05) is 43.5 Å².